The van der Waals surface area contributed by atoms with Crippen molar-refractivity contribution in [1.29, 1.82) is 0 Å². The van der Waals surface area contributed by atoms with Gasteiger partial charge in [0.2, 0.25) is 5.91 Å². The van der Waals surface area contributed by atoms with Gasteiger partial charge in [0.1, 0.15) is 6.10 Å². The fourth-order valence-corrected chi connectivity index (χ4v) is 0.824. The van der Waals surface area contributed by atoms with E-state index in [-0.39, 0.29) is 24.4 Å². The number of methoxy groups -OCH3 is 2. The topological polar surface area (TPSA) is 59.6 Å². The summed E-state index contributed by atoms with van der Waals surface area (Å²) in [7, 11) is 3.17. The van der Waals surface area contributed by atoms with Gasteiger partial charge in [-0.25, -0.2) is 0 Å². The zero-order chi connectivity index (χ0) is 10.8. The molecule has 2 N–H and O–H groups in total. The molecular formula is C9H21ClN2O3. The molecular weight excluding hydrogens is 220 g/mol. The lowest BCUT2D eigenvalue weighted by Crippen LogP contribution is -2.38. The van der Waals surface area contributed by atoms with Crippen molar-refractivity contribution in [3.63, 3.8) is 0 Å². The van der Waals surface area contributed by atoms with Gasteiger partial charge in [-0.2, -0.15) is 0 Å². The molecule has 1 unspecified atom stereocenters. The Labute approximate surface area is 97.3 Å². The molecule has 0 spiro atoms. The molecule has 0 heterocycles. The number of hydrogen-bond donors (Lipinski definition) is 2. The number of halogens is 1. The summed E-state index contributed by atoms with van der Waals surface area (Å²) in [4.78, 5) is 11.2. The molecule has 0 aliphatic heterocycles. The molecule has 0 radical (unpaired) electrons. The van der Waals surface area contributed by atoms with Crippen LogP contribution in [0.3, 0.4) is 0 Å². The summed E-state index contributed by atoms with van der Waals surface area (Å²) in [6.07, 6.45) is -0.381. The molecule has 0 bridgehead atoms. The maximum Gasteiger partial charge on any atom is 0.248 e. The number of carbonyl (C=O) groups is 1. The van der Waals surface area contributed by atoms with Crippen molar-refractivity contribution in [2.45, 2.75) is 13.0 Å². The fraction of sp³-hybridized carbons (Fsp3) is 0.889. The van der Waals surface area contributed by atoms with Crippen LogP contribution in [0.25, 0.3) is 0 Å². The van der Waals surface area contributed by atoms with Crippen molar-refractivity contribution in [3.8, 4) is 0 Å². The quantitative estimate of drug-likeness (QED) is 0.577. The molecule has 0 saturated heterocycles. The minimum Gasteiger partial charge on any atom is -0.383 e. The molecule has 0 fully saturated rings. The average Bonchev–Trinajstić information content (AvgIpc) is 2.21. The van der Waals surface area contributed by atoms with E-state index >= 15 is 0 Å². The van der Waals surface area contributed by atoms with E-state index in [1.807, 2.05) is 0 Å². The monoisotopic (exact) mass is 240 g/mol. The van der Waals surface area contributed by atoms with E-state index in [0.29, 0.717) is 13.2 Å². The second kappa shape index (κ2) is 11.7. The summed E-state index contributed by atoms with van der Waals surface area (Å²) in [6.45, 7) is 4.55. The van der Waals surface area contributed by atoms with Gasteiger partial charge in [-0.15, -0.1) is 12.4 Å². The third kappa shape index (κ3) is 9.93. The van der Waals surface area contributed by atoms with Gasteiger partial charge in [0, 0.05) is 33.9 Å². The minimum absolute atomic E-state index is 0. The van der Waals surface area contributed by atoms with Crippen LogP contribution in [0.4, 0.5) is 0 Å². The molecule has 0 aliphatic rings. The highest BCUT2D eigenvalue weighted by molar-refractivity contribution is 5.85. The van der Waals surface area contributed by atoms with Crippen LogP contribution in [0.15, 0.2) is 0 Å². The number of hydrogen-bond acceptors (Lipinski definition) is 4. The lowest BCUT2D eigenvalue weighted by atomic mass is 10.4. The van der Waals surface area contributed by atoms with E-state index < -0.39 is 0 Å². The van der Waals surface area contributed by atoms with Gasteiger partial charge in [-0.05, 0) is 6.92 Å². The lowest BCUT2D eigenvalue weighted by molar-refractivity contribution is -0.129. The zero-order valence-electron chi connectivity index (χ0n) is 9.54. The minimum atomic E-state index is -0.381. The Bertz CT molecular complexity index is 158. The maximum atomic E-state index is 11.2. The SMILES string of the molecule is COCCNCCNC(=O)C(C)OC.Cl. The summed E-state index contributed by atoms with van der Waals surface area (Å²) in [5.41, 5.74) is 0. The Hall–Kier alpha value is -0.360. The molecule has 5 nitrogen and oxygen atoms in total. The van der Waals surface area contributed by atoms with Crippen LogP contribution in [-0.4, -0.2) is 52.5 Å². The van der Waals surface area contributed by atoms with E-state index in [4.69, 9.17) is 9.47 Å². The van der Waals surface area contributed by atoms with Gasteiger partial charge in [0.05, 0.1) is 6.61 Å². The van der Waals surface area contributed by atoms with Crippen LogP contribution in [0.2, 0.25) is 0 Å². The Morgan fingerprint density at radius 3 is 2.47 bits per heavy atom. The normalized spacial score (nSPS) is 11.7. The van der Waals surface area contributed by atoms with Crippen molar-refractivity contribution in [3.05, 3.63) is 0 Å². The van der Waals surface area contributed by atoms with Crippen LogP contribution in [-0.2, 0) is 14.3 Å². The third-order valence-electron chi connectivity index (χ3n) is 1.81. The average molecular weight is 241 g/mol. The zero-order valence-corrected chi connectivity index (χ0v) is 10.4. The number of rotatable bonds is 8. The predicted octanol–water partition coefficient (Wildman–Crippen LogP) is -0.205. The summed E-state index contributed by atoms with van der Waals surface area (Å²) in [5, 5.41) is 5.86. The molecule has 15 heavy (non-hydrogen) atoms. The lowest BCUT2D eigenvalue weighted by Gasteiger charge is -2.10. The second-order valence-electron chi connectivity index (χ2n) is 2.91. The maximum absolute atomic E-state index is 11.2. The van der Waals surface area contributed by atoms with E-state index in [9.17, 15) is 4.79 Å². The highest BCUT2D eigenvalue weighted by atomic mass is 35.5. The highest BCUT2D eigenvalue weighted by Gasteiger charge is 2.09. The van der Waals surface area contributed by atoms with Crippen LogP contribution >= 0.6 is 12.4 Å². The van der Waals surface area contributed by atoms with Crippen molar-refractivity contribution >= 4 is 18.3 Å². The summed E-state index contributed by atoms with van der Waals surface area (Å²) < 4.78 is 9.71. The van der Waals surface area contributed by atoms with Gasteiger partial charge >= 0.3 is 0 Å². The molecule has 92 valence electrons. The molecule has 1 atom stereocenters. The van der Waals surface area contributed by atoms with E-state index in [1.165, 1.54) is 7.11 Å². The Balaban J connectivity index is 0. The standard InChI is InChI=1S/C9H20N2O3.ClH/c1-8(14-3)9(12)11-5-4-10-6-7-13-2;/h8,10H,4-7H2,1-3H3,(H,11,12);1H. The van der Waals surface area contributed by atoms with Crippen molar-refractivity contribution in [2.75, 3.05) is 40.5 Å². The van der Waals surface area contributed by atoms with Gasteiger partial charge in [0.25, 0.3) is 0 Å². The van der Waals surface area contributed by atoms with Crippen LogP contribution in [0.1, 0.15) is 6.92 Å². The molecule has 0 aliphatic carbocycles. The van der Waals surface area contributed by atoms with Gasteiger partial charge < -0.3 is 20.1 Å². The van der Waals surface area contributed by atoms with Gasteiger partial charge in [-0.1, -0.05) is 0 Å². The van der Waals surface area contributed by atoms with Gasteiger partial charge in [0.15, 0.2) is 0 Å². The summed E-state index contributed by atoms with van der Waals surface area (Å²) >= 11 is 0. The molecule has 0 aromatic heterocycles. The Morgan fingerprint density at radius 1 is 1.27 bits per heavy atom. The van der Waals surface area contributed by atoms with Crippen molar-refractivity contribution in [1.82, 2.24) is 10.6 Å². The largest absolute Gasteiger partial charge is 0.383 e. The number of nitrogens with one attached hydrogen (secondary N) is 2. The first kappa shape index (κ1) is 17.0. The Kier molecular flexibility index (Phi) is 13.3. The first-order chi connectivity index (χ1) is 6.72. The molecule has 6 heteroatoms. The number of amides is 1. The predicted molar refractivity (Wildman–Crippen MR) is 61.5 cm³/mol. The fourth-order valence-electron chi connectivity index (χ4n) is 0.824. The van der Waals surface area contributed by atoms with Crippen LogP contribution < -0.4 is 10.6 Å². The molecule has 0 aromatic rings. The molecule has 1 amide bonds. The van der Waals surface area contributed by atoms with Crippen molar-refractivity contribution < 1.29 is 14.3 Å². The molecule has 0 rings (SSSR count). The first-order valence-electron chi connectivity index (χ1n) is 4.72. The van der Waals surface area contributed by atoms with E-state index in [1.54, 1.807) is 14.0 Å². The first-order valence-corrected chi connectivity index (χ1v) is 4.72. The number of ether oxygens (including phenoxy) is 2. The van der Waals surface area contributed by atoms with E-state index in [0.717, 1.165) is 13.1 Å². The molecule has 0 saturated carbocycles. The van der Waals surface area contributed by atoms with Crippen LogP contribution in [0.5, 0.6) is 0 Å². The highest BCUT2D eigenvalue weighted by Crippen LogP contribution is 1.85. The third-order valence-corrected chi connectivity index (χ3v) is 1.81. The van der Waals surface area contributed by atoms with Crippen LogP contribution in [0, 0.1) is 0 Å². The summed E-state index contributed by atoms with van der Waals surface area (Å²) in [6, 6.07) is 0. The van der Waals surface area contributed by atoms with E-state index in [2.05, 4.69) is 10.6 Å². The van der Waals surface area contributed by atoms with Crippen molar-refractivity contribution in [2.24, 2.45) is 0 Å². The number of carbonyl (C=O) groups excluding carboxylic acids is 1. The Morgan fingerprint density at radius 2 is 1.93 bits per heavy atom. The second-order valence-corrected chi connectivity index (χ2v) is 2.91. The molecule has 0 aromatic carbocycles. The van der Waals surface area contributed by atoms with Gasteiger partial charge in [-0.3, -0.25) is 4.79 Å². The smallest absolute Gasteiger partial charge is 0.248 e. The summed E-state index contributed by atoms with van der Waals surface area (Å²) in [5.74, 6) is -0.0824.